The number of benzene rings is 3. The third kappa shape index (κ3) is 7.13. The highest BCUT2D eigenvalue weighted by Gasteiger charge is 2.27. The van der Waals surface area contributed by atoms with Crippen molar-refractivity contribution in [2.75, 3.05) is 14.2 Å². The van der Waals surface area contributed by atoms with Crippen LogP contribution >= 0.6 is 0 Å². The van der Waals surface area contributed by atoms with Crippen molar-refractivity contribution in [3.63, 3.8) is 0 Å². The second-order valence-electron chi connectivity index (χ2n) is 8.86. The summed E-state index contributed by atoms with van der Waals surface area (Å²) in [4.78, 5) is 13.2. The Kier molecular flexibility index (Phi) is 8.60. The largest absolute Gasteiger partial charge is 0.497 e. The SMILES string of the molecule is COc1ccc(COc2ccc(CO)c(C(=O)OC(C)(C)C)c2OCc2ccc(OC)cc2)cc1. The Morgan fingerprint density at radius 1 is 0.771 bits per heavy atom. The van der Waals surface area contributed by atoms with Crippen LogP contribution in [0.4, 0.5) is 0 Å². The van der Waals surface area contributed by atoms with Gasteiger partial charge in [0.1, 0.15) is 35.9 Å². The Balaban J connectivity index is 1.94. The first kappa shape index (κ1) is 25.9. The molecule has 0 unspecified atom stereocenters. The number of hydrogen-bond acceptors (Lipinski definition) is 7. The minimum absolute atomic E-state index is 0.142. The van der Waals surface area contributed by atoms with E-state index in [4.69, 9.17) is 23.7 Å². The van der Waals surface area contributed by atoms with Gasteiger partial charge in [0.25, 0.3) is 0 Å². The molecule has 0 radical (unpaired) electrons. The van der Waals surface area contributed by atoms with Crippen LogP contribution in [0.2, 0.25) is 0 Å². The molecule has 1 N–H and O–H groups in total. The monoisotopic (exact) mass is 480 g/mol. The normalized spacial score (nSPS) is 11.0. The van der Waals surface area contributed by atoms with E-state index in [0.29, 0.717) is 11.3 Å². The third-order valence-electron chi connectivity index (χ3n) is 5.08. The second-order valence-corrected chi connectivity index (χ2v) is 8.86. The van der Waals surface area contributed by atoms with E-state index < -0.39 is 11.6 Å². The molecule has 0 aliphatic heterocycles. The van der Waals surface area contributed by atoms with E-state index >= 15 is 0 Å². The van der Waals surface area contributed by atoms with E-state index in [0.717, 1.165) is 22.6 Å². The van der Waals surface area contributed by atoms with E-state index in [-0.39, 0.29) is 31.1 Å². The van der Waals surface area contributed by atoms with Gasteiger partial charge in [-0.25, -0.2) is 4.79 Å². The molecule has 0 spiro atoms. The Hall–Kier alpha value is -3.71. The standard InChI is InChI=1S/C28H32O7/c1-28(2,3)35-27(30)25-21(16-29)10-15-24(33-17-19-6-11-22(31-4)12-7-19)26(25)34-18-20-8-13-23(32-5)14-9-20/h6-15,29H,16-18H2,1-5H3. The molecule has 186 valence electrons. The van der Waals surface area contributed by atoms with E-state index in [1.807, 2.05) is 48.5 Å². The molecular weight excluding hydrogens is 448 g/mol. The number of rotatable bonds is 10. The number of carbonyl (C=O) groups is 1. The van der Waals surface area contributed by atoms with Crippen LogP contribution in [0.15, 0.2) is 60.7 Å². The van der Waals surface area contributed by atoms with Crippen molar-refractivity contribution in [1.29, 1.82) is 0 Å². The fourth-order valence-electron chi connectivity index (χ4n) is 3.31. The highest BCUT2D eigenvalue weighted by Crippen LogP contribution is 2.37. The Morgan fingerprint density at radius 3 is 1.74 bits per heavy atom. The van der Waals surface area contributed by atoms with Gasteiger partial charge in [-0.05, 0) is 67.8 Å². The predicted molar refractivity (Wildman–Crippen MR) is 132 cm³/mol. The summed E-state index contributed by atoms with van der Waals surface area (Å²) in [6, 6.07) is 18.2. The summed E-state index contributed by atoms with van der Waals surface area (Å²) in [7, 11) is 3.21. The average molecular weight is 481 g/mol. The highest BCUT2D eigenvalue weighted by atomic mass is 16.6. The Labute approximate surface area is 206 Å². The lowest BCUT2D eigenvalue weighted by Crippen LogP contribution is -2.25. The number of hydrogen-bond donors (Lipinski definition) is 1. The molecular formula is C28H32O7. The molecule has 0 aliphatic rings. The van der Waals surface area contributed by atoms with Gasteiger partial charge in [0.15, 0.2) is 11.5 Å². The number of methoxy groups -OCH3 is 2. The molecule has 0 aromatic heterocycles. The maximum atomic E-state index is 13.2. The lowest BCUT2D eigenvalue weighted by Gasteiger charge is -2.23. The fraction of sp³-hybridized carbons (Fsp3) is 0.321. The van der Waals surface area contributed by atoms with E-state index in [9.17, 15) is 9.90 Å². The lowest BCUT2D eigenvalue weighted by atomic mass is 10.1. The van der Waals surface area contributed by atoms with Gasteiger partial charge in [-0.3, -0.25) is 0 Å². The third-order valence-corrected chi connectivity index (χ3v) is 5.08. The topological polar surface area (TPSA) is 83.5 Å². The number of aliphatic hydroxyl groups is 1. The van der Waals surface area contributed by atoms with Gasteiger partial charge in [-0.2, -0.15) is 0 Å². The summed E-state index contributed by atoms with van der Waals surface area (Å²) < 4.78 is 28.2. The molecule has 3 aromatic carbocycles. The summed E-state index contributed by atoms with van der Waals surface area (Å²) in [5, 5.41) is 9.95. The molecule has 3 aromatic rings. The van der Waals surface area contributed by atoms with E-state index in [1.54, 1.807) is 47.1 Å². The molecule has 0 amide bonds. The van der Waals surface area contributed by atoms with Crippen molar-refractivity contribution in [2.24, 2.45) is 0 Å². The summed E-state index contributed by atoms with van der Waals surface area (Å²) >= 11 is 0. The maximum Gasteiger partial charge on any atom is 0.342 e. The zero-order valence-electron chi connectivity index (χ0n) is 20.8. The Morgan fingerprint density at radius 2 is 1.29 bits per heavy atom. The van der Waals surface area contributed by atoms with Crippen molar-refractivity contribution < 1.29 is 33.6 Å². The number of aliphatic hydroxyl groups excluding tert-OH is 1. The van der Waals surface area contributed by atoms with Gasteiger partial charge in [0, 0.05) is 0 Å². The summed E-state index contributed by atoms with van der Waals surface area (Å²) in [5.41, 5.74) is 1.59. The van der Waals surface area contributed by atoms with Gasteiger partial charge in [0.2, 0.25) is 0 Å². The van der Waals surface area contributed by atoms with Gasteiger partial charge < -0.3 is 28.8 Å². The van der Waals surface area contributed by atoms with Crippen molar-refractivity contribution in [3.8, 4) is 23.0 Å². The number of esters is 1. The van der Waals surface area contributed by atoms with Crippen LogP contribution in [0.5, 0.6) is 23.0 Å². The van der Waals surface area contributed by atoms with E-state index in [1.165, 1.54) is 0 Å². The van der Waals surface area contributed by atoms with Crippen LogP contribution < -0.4 is 18.9 Å². The molecule has 0 saturated heterocycles. The van der Waals surface area contributed by atoms with Crippen LogP contribution in [0.1, 0.15) is 47.8 Å². The van der Waals surface area contributed by atoms with Crippen molar-refractivity contribution in [1.82, 2.24) is 0 Å². The molecule has 0 heterocycles. The van der Waals surface area contributed by atoms with Crippen molar-refractivity contribution >= 4 is 5.97 Å². The second kappa shape index (κ2) is 11.6. The predicted octanol–water partition coefficient (Wildman–Crippen LogP) is 5.31. The molecule has 0 atom stereocenters. The Bertz CT molecular complexity index is 1110. The lowest BCUT2D eigenvalue weighted by molar-refractivity contribution is 0.00614. The molecule has 0 saturated carbocycles. The number of carbonyl (C=O) groups excluding carboxylic acids is 1. The van der Waals surface area contributed by atoms with E-state index in [2.05, 4.69) is 0 Å². The van der Waals surface area contributed by atoms with Crippen LogP contribution in [-0.4, -0.2) is 30.9 Å². The molecule has 7 heteroatoms. The van der Waals surface area contributed by atoms with Gasteiger partial charge in [-0.1, -0.05) is 30.3 Å². The molecule has 3 rings (SSSR count). The molecule has 0 aliphatic carbocycles. The van der Waals surface area contributed by atoms with Crippen LogP contribution in [0.3, 0.4) is 0 Å². The smallest absolute Gasteiger partial charge is 0.342 e. The summed E-state index contributed by atoms with van der Waals surface area (Å²) in [6.45, 7) is 5.41. The first-order valence-electron chi connectivity index (χ1n) is 11.3. The summed E-state index contributed by atoms with van der Waals surface area (Å²) in [5.74, 6) is 1.47. The minimum atomic E-state index is -0.725. The van der Waals surface area contributed by atoms with Gasteiger partial charge >= 0.3 is 5.97 Å². The zero-order valence-corrected chi connectivity index (χ0v) is 20.8. The minimum Gasteiger partial charge on any atom is -0.497 e. The fourth-order valence-corrected chi connectivity index (χ4v) is 3.31. The molecule has 7 nitrogen and oxygen atoms in total. The van der Waals surface area contributed by atoms with Gasteiger partial charge in [-0.15, -0.1) is 0 Å². The number of ether oxygens (including phenoxy) is 5. The van der Waals surface area contributed by atoms with Crippen LogP contribution in [0, 0.1) is 0 Å². The molecule has 0 bridgehead atoms. The average Bonchev–Trinajstić information content (AvgIpc) is 2.85. The van der Waals surface area contributed by atoms with Crippen molar-refractivity contribution in [2.45, 2.75) is 46.2 Å². The van der Waals surface area contributed by atoms with Crippen LogP contribution in [0.25, 0.3) is 0 Å². The molecule has 0 fully saturated rings. The first-order chi connectivity index (χ1) is 16.7. The summed E-state index contributed by atoms with van der Waals surface area (Å²) in [6.07, 6.45) is 0. The highest BCUT2D eigenvalue weighted by molar-refractivity contribution is 5.95. The quantitative estimate of drug-likeness (QED) is 0.394. The molecule has 35 heavy (non-hydrogen) atoms. The zero-order chi connectivity index (χ0) is 25.4. The van der Waals surface area contributed by atoms with Gasteiger partial charge in [0.05, 0.1) is 20.8 Å². The maximum absolute atomic E-state index is 13.2. The van der Waals surface area contributed by atoms with Crippen molar-refractivity contribution in [3.05, 3.63) is 82.9 Å². The van der Waals surface area contributed by atoms with Crippen LogP contribution in [-0.2, 0) is 24.6 Å². The first-order valence-corrected chi connectivity index (χ1v) is 11.3.